The lowest BCUT2D eigenvalue weighted by atomic mass is 10.1. The molecule has 4 rings (SSSR count). The van der Waals surface area contributed by atoms with Crippen molar-refractivity contribution in [2.45, 2.75) is 38.8 Å². The third-order valence-corrected chi connectivity index (χ3v) is 5.23. The second-order valence-electron chi connectivity index (χ2n) is 7.11. The number of rotatable bonds is 5. The molecule has 1 amide bonds. The van der Waals surface area contributed by atoms with Crippen LogP contribution in [0.25, 0.3) is 11.0 Å². The molecule has 1 aliphatic heterocycles. The SMILES string of the molecule is CC(C(=O)NCc1ccc(N2CCCCC2)nc1)n1cnc2ccccc21. The summed E-state index contributed by atoms with van der Waals surface area (Å²) in [5.74, 6) is 1.00. The number of anilines is 1. The van der Waals surface area contributed by atoms with Crippen molar-refractivity contribution >= 4 is 22.8 Å². The van der Waals surface area contributed by atoms with Crippen LogP contribution in [-0.4, -0.2) is 33.5 Å². The van der Waals surface area contributed by atoms with E-state index in [4.69, 9.17) is 0 Å². The molecule has 1 atom stereocenters. The van der Waals surface area contributed by atoms with Gasteiger partial charge in [0, 0.05) is 25.8 Å². The average Bonchev–Trinajstić information content (AvgIpc) is 3.16. The van der Waals surface area contributed by atoms with Gasteiger partial charge in [-0.3, -0.25) is 4.79 Å². The van der Waals surface area contributed by atoms with Crippen molar-refractivity contribution in [1.82, 2.24) is 19.9 Å². The largest absolute Gasteiger partial charge is 0.357 e. The smallest absolute Gasteiger partial charge is 0.243 e. The Morgan fingerprint density at radius 1 is 1.11 bits per heavy atom. The quantitative estimate of drug-likeness (QED) is 0.755. The van der Waals surface area contributed by atoms with Gasteiger partial charge in [-0.15, -0.1) is 0 Å². The summed E-state index contributed by atoms with van der Waals surface area (Å²) in [6.07, 6.45) is 7.37. The summed E-state index contributed by atoms with van der Waals surface area (Å²) in [6, 6.07) is 11.6. The van der Waals surface area contributed by atoms with E-state index in [0.29, 0.717) is 6.54 Å². The standard InChI is InChI=1S/C21H25N5O/c1-16(26-15-24-18-7-3-4-8-19(18)26)21(27)23-14-17-9-10-20(22-13-17)25-11-5-2-6-12-25/h3-4,7-10,13,15-16H,2,5-6,11-12,14H2,1H3,(H,23,27). The minimum Gasteiger partial charge on any atom is -0.357 e. The summed E-state index contributed by atoms with van der Waals surface area (Å²) >= 11 is 0. The highest BCUT2D eigenvalue weighted by Crippen LogP contribution is 2.19. The Morgan fingerprint density at radius 3 is 2.70 bits per heavy atom. The molecule has 0 radical (unpaired) electrons. The summed E-state index contributed by atoms with van der Waals surface area (Å²) in [5.41, 5.74) is 2.87. The first-order valence-electron chi connectivity index (χ1n) is 9.61. The molecule has 27 heavy (non-hydrogen) atoms. The first kappa shape index (κ1) is 17.5. The predicted octanol–water partition coefficient (Wildman–Crippen LogP) is 3.30. The Bertz CT molecular complexity index is 912. The van der Waals surface area contributed by atoms with Crippen molar-refractivity contribution in [1.29, 1.82) is 0 Å². The molecule has 140 valence electrons. The summed E-state index contributed by atoms with van der Waals surface area (Å²) < 4.78 is 1.91. The molecule has 3 heterocycles. The number of aromatic nitrogens is 3. The van der Waals surface area contributed by atoms with Crippen molar-refractivity contribution in [2.75, 3.05) is 18.0 Å². The molecule has 6 nitrogen and oxygen atoms in total. The number of pyridine rings is 1. The summed E-state index contributed by atoms with van der Waals surface area (Å²) in [4.78, 5) is 23.9. The van der Waals surface area contributed by atoms with Crippen molar-refractivity contribution in [3.8, 4) is 0 Å². The highest BCUT2D eigenvalue weighted by Gasteiger charge is 2.17. The number of amides is 1. The normalized spacial score (nSPS) is 15.7. The highest BCUT2D eigenvalue weighted by molar-refractivity contribution is 5.83. The zero-order valence-electron chi connectivity index (χ0n) is 15.6. The number of nitrogens with zero attached hydrogens (tertiary/aromatic N) is 4. The van der Waals surface area contributed by atoms with Gasteiger partial charge < -0.3 is 14.8 Å². The molecule has 2 aromatic heterocycles. The number of fused-ring (bicyclic) bond motifs is 1. The predicted molar refractivity (Wildman–Crippen MR) is 107 cm³/mol. The molecular formula is C21H25N5O. The highest BCUT2D eigenvalue weighted by atomic mass is 16.2. The van der Waals surface area contributed by atoms with Gasteiger partial charge in [0.2, 0.25) is 5.91 Å². The average molecular weight is 363 g/mol. The Kier molecular flexibility index (Phi) is 5.05. The zero-order valence-corrected chi connectivity index (χ0v) is 15.6. The molecule has 1 unspecified atom stereocenters. The van der Waals surface area contributed by atoms with E-state index in [1.807, 2.05) is 42.0 Å². The van der Waals surface area contributed by atoms with E-state index in [1.165, 1.54) is 19.3 Å². The lowest BCUT2D eigenvalue weighted by molar-refractivity contribution is -0.123. The third-order valence-electron chi connectivity index (χ3n) is 5.23. The Labute approximate surface area is 159 Å². The van der Waals surface area contributed by atoms with Crippen LogP contribution in [0.15, 0.2) is 48.9 Å². The maximum absolute atomic E-state index is 12.6. The van der Waals surface area contributed by atoms with Crippen LogP contribution in [0.4, 0.5) is 5.82 Å². The molecule has 6 heteroatoms. The fourth-order valence-electron chi connectivity index (χ4n) is 3.58. The molecule has 1 aliphatic rings. The molecular weight excluding hydrogens is 338 g/mol. The Balaban J connectivity index is 1.37. The molecule has 0 saturated carbocycles. The minimum absolute atomic E-state index is 0.0294. The van der Waals surface area contributed by atoms with Crippen LogP contribution in [0.3, 0.4) is 0 Å². The number of carbonyl (C=O) groups is 1. The minimum atomic E-state index is -0.321. The molecule has 1 N–H and O–H groups in total. The lowest BCUT2D eigenvalue weighted by Gasteiger charge is -2.27. The van der Waals surface area contributed by atoms with E-state index < -0.39 is 0 Å². The van der Waals surface area contributed by atoms with Gasteiger partial charge in [0.25, 0.3) is 0 Å². The van der Waals surface area contributed by atoms with Crippen LogP contribution < -0.4 is 10.2 Å². The van der Waals surface area contributed by atoms with Gasteiger partial charge in [0.1, 0.15) is 11.9 Å². The lowest BCUT2D eigenvalue weighted by Crippen LogP contribution is -2.31. The fraction of sp³-hybridized carbons (Fsp3) is 0.381. The Hall–Kier alpha value is -2.89. The molecule has 1 aromatic carbocycles. The van der Waals surface area contributed by atoms with Crippen molar-refractivity contribution in [3.05, 3.63) is 54.5 Å². The van der Waals surface area contributed by atoms with Crippen LogP contribution in [0.2, 0.25) is 0 Å². The van der Waals surface area contributed by atoms with Crippen molar-refractivity contribution < 1.29 is 4.79 Å². The second-order valence-corrected chi connectivity index (χ2v) is 7.11. The second kappa shape index (κ2) is 7.78. The van der Waals surface area contributed by atoms with Crippen LogP contribution in [-0.2, 0) is 11.3 Å². The summed E-state index contributed by atoms with van der Waals surface area (Å²) in [6.45, 7) is 4.53. The van der Waals surface area contributed by atoms with E-state index in [0.717, 1.165) is 35.5 Å². The van der Waals surface area contributed by atoms with E-state index in [-0.39, 0.29) is 11.9 Å². The van der Waals surface area contributed by atoms with E-state index in [1.54, 1.807) is 6.33 Å². The number of nitrogens with one attached hydrogen (secondary N) is 1. The van der Waals surface area contributed by atoms with Crippen LogP contribution in [0.1, 0.15) is 37.8 Å². The van der Waals surface area contributed by atoms with Crippen LogP contribution in [0.5, 0.6) is 0 Å². The van der Waals surface area contributed by atoms with Gasteiger partial charge in [-0.25, -0.2) is 9.97 Å². The van der Waals surface area contributed by atoms with Crippen molar-refractivity contribution in [3.63, 3.8) is 0 Å². The number of hydrogen-bond acceptors (Lipinski definition) is 4. The first-order valence-corrected chi connectivity index (χ1v) is 9.61. The number of hydrogen-bond donors (Lipinski definition) is 1. The molecule has 1 saturated heterocycles. The summed E-state index contributed by atoms with van der Waals surface area (Å²) in [7, 11) is 0. The monoisotopic (exact) mass is 363 g/mol. The van der Waals surface area contributed by atoms with Gasteiger partial charge >= 0.3 is 0 Å². The van der Waals surface area contributed by atoms with Gasteiger partial charge in [0.15, 0.2) is 0 Å². The maximum Gasteiger partial charge on any atom is 0.243 e. The number of benzene rings is 1. The molecule has 0 bridgehead atoms. The first-order chi connectivity index (χ1) is 13.2. The molecule has 0 spiro atoms. The van der Waals surface area contributed by atoms with Gasteiger partial charge in [-0.1, -0.05) is 18.2 Å². The molecule has 0 aliphatic carbocycles. The van der Waals surface area contributed by atoms with E-state index in [2.05, 4.69) is 32.3 Å². The van der Waals surface area contributed by atoms with E-state index in [9.17, 15) is 4.79 Å². The van der Waals surface area contributed by atoms with Gasteiger partial charge in [0.05, 0.1) is 17.4 Å². The topological polar surface area (TPSA) is 63.1 Å². The maximum atomic E-state index is 12.6. The fourth-order valence-corrected chi connectivity index (χ4v) is 3.58. The Morgan fingerprint density at radius 2 is 1.93 bits per heavy atom. The third kappa shape index (κ3) is 3.79. The van der Waals surface area contributed by atoms with Crippen molar-refractivity contribution in [2.24, 2.45) is 0 Å². The van der Waals surface area contributed by atoms with Gasteiger partial charge in [-0.2, -0.15) is 0 Å². The van der Waals surface area contributed by atoms with Gasteiger partial charge in [-0.05, 0) is 49.9 Å². The van der Waals surface area contributed by atoms with E-state index >= 15 is 0 Å². The number of piperidine rings is 1. The zero-order chi connectivity index (χ0) is 18.6. The van der Waals surface area contributed by atoms with Crippen LogP contribution in [0, 0.1) is 0 Å². The number of para-hydroxylation sites is 2. The molecule has 3 aromatic rings. The van der Waals surface area contributed by atoms with Crippen LogP contribution >= 0.6 is 0 Å². The summed E-state index contributed by atoms with van der Waals surface area (Å²) in [5, 5.41) is 3.01. The number of carbonyl (C=O) groups excluding carboxylic acids is 1. The molecule has 1 fully saturated rings. The number of imidazole rings is 1.